The number of anilines is 1. The maximum atomic E-state index is 12.2. The molecule has 2 aromatic carbocycles. The molecule has 0 radical (unpaired) electrons. The molecular weight excluding hydrogens is 340 g/mol. The lowest BCUT2D eigenvalue weighted by Crippen LogP contribution is -2.27. The second-order valence-electron chi connectivity index (χ2n) is 5.28. The van der Waals surface area contributed by atoms with Gasteiger partial charge in [-0.25, -0.2) is 9.59 Å². The summed E-state index contributed by atoms with van der Waals surface area (Å²) in [5, 5.41) is 11.3. The van der Waals surface area contributed by atoms with Gasteiger partial charge in [0.15, 0.2) is 0 Å². The molecule has 2 rings (SSSR count). The van der Waals surface area contributed by atoms with E-state index in [2.05, 4.69) is 0 Å². The van der Waals surface area contributed by atoms with Gasteiger partial charge in [0.05, 0.1) is 17.1 Å². The molecule has 0 heterocycles. The number of amides is 1. The third kappa shape index (κ3) is 4.56. The molecule has 0 spiro atoms. The fourth-order valence-corrected chi connectivity index (χ4v) is 2.21. The van der Waals surface area contributed by atoms with E-state index < -0.39 is 22.7 Å². The number of nitro groups is 1. The zero-order chi connectivity index (χ0) is 19.1. The maximum Gasteiger partial charge on any atom is 0.414 e. The Labute approximate surface area is 150 Å². The Morgan fingerprint density at radius 3 is 2.42 bits per heavy atom. The van der Waals surface area contributed by atoms with Crippen LogP contribution in [0.4, 0.5) is 16.2 Å². The average molecular weight is 358 g/mol. The minimum Gasteiger partial charge on any atom is -0.462 e. The van der Waals surface area contributed by atoms with E-state index in [1.807, 2.05) is 18.2 Å². The smallest absolute Gasteiger partial charge is 0.414 e. The molecular formula is C18H18N2O6. The summed E-state index contributed by atoms with van der Waals surface area (Å²) < 4.78 is 10.00. The van der Waals surface area contributed by atoms with Gasteiger partial charge in [-0.1, -0.05) is 30.3 Å². The Morgan fingerprint density at radius 2 is 1.81 bits per heavy atom. The molecule has 2 aromatic rings. The molecule has 0 aromatic heterocycles. The van der Waals surface area contributed by atoms with Gasteiger partial charge < -0.3 is 9.47 Å². The Morgan fingerprint density at radius 1 is 1.12 bits per heavy atom. The van der Waals surface area contributed by atoms with Crippen molar-refractivity contribution in [2.24, 2.45) is 0 Å². The molecule has 0 fully saturated rings. The molecule has 0 saturated carbocycles. The van der Waals surface area contributed by atoms with Crippen molar-refractivity contribution in [1.29, 1.82) is 0 Å². The van der Waals surface area contributed by atoms with Gasteiger partial charge in [-0.3, -0.25) is 15.0 Å². The van der Waals surface area contributed by atoms with Crippen LogP contribution in [-0.4, -0.2) is 30.6 Å². The summed E-state index contributed by atoms with van der Waals surface area (Å²) in [4.78, 5) is 35.6. The van der Waals surface area contributed by atoms with Crippen LogP contribution in [0.15, 0.2) is 48.5 Å². The van der Waals surface area contributed by atoms with E-state index in [4.69, 9.17) is 9.47 Å². The lowest BCUT2D eigenvalue weighted by Gasteiger charge is -2.17. The van der Waals surface area contributed by atoms with Gasteiger partial charge in [0, 0.05) is 13.1 Å². The van der Waals surface area contributed by atoms with Crippen molar-refractivity contribution in [1.82, 2.24) is 0 Å². The highest BCUT2D eigenvalue weighted by Crippen LogP contribution is 2.29. The van der Waals surface area contributed by atoms with Gasteiger partial charge in [-0.15, -0.1) is 0 Å². The van der Waals surface area contributed by atoms with Gasteiger partial charge in [-0.2, -0.15) is 0 Å². The number of hydrogen-bond donors (Lipinski definition) is 0. The first-order valence-electron chi connectivity index (χ1n) is 7.84. The minimum absolute atomic E-state index is 0.0149. The standard InChI is InChI=1S/C18H18N2O6/c1-3-25-17(21)14-9-10-15(16(11-14)20(23)24)19(2)18(22)26-12-13-7-5-4-6-8-13/h4-11H,3,12H2,1-2H3. The van der Waals surface area contributed by atoms with Crippen LogP contribution >= 0.6 is 0 Å². The van der Waals surface area contributed by atoms with E-state index in [9.17, 15) is 19.7 Å². The molecule has 0 N–H and O–H groups in total. The average Bonchev–Trinajstić information content (AvgIpc) is 2.66. The zero-order valence-corrected chi connectivity index (χ0v) is 14.4. The van der Waals surface area contributed by atoms with Crippen molar-refractivity contribution in [2.45, 2.75) is 13.5 Å². The van der Waals surface area contributed by atoms with Crippen molar-refractivity contribution in [2.75, 3.05) is 18.6 Å². The number of hydrogen-bond acceptors (Lipinski definition) is 6. The second kappa shape index (κ2) is 8.61. The Bertz CT molecular complexity index is 807. The fourth-order valence-electron chi connectivity index (χ4n) is 2.21. The van der Waals surface area contributed by atoms with Gasteiger partial charge >= 0.3 is 12.1 Å². The molecule has 8 heteroatoms. The van der Waals surface area contributed by atoms with Gasteiger partial charge in [0.2, 0.25) is 0 Å². The first-order valence-corrected chi connectivity index (χ1v) is 7.84. The summed E-state index contributed by atoms with van der Waals surface area (Å²) in [5.74, 6) is -0.670. The lowest BCUT2D eigenvalue weighted by atomic mass is 10.1. The van der Waals surface area contributed by atoms with Crippen LogP contribution in [0.3, 0.4) is 0 Å². The van der Waals surface area contributed by atoms with Crippen LogP contribution in [0.25, 0.3) is 0 Å². The van der Waals surface area contributed by atoms with Crippen LogP contribution in [0, 0.1) is 10.1 Å². The molecule has 0 unspecified atom stereocenters. The highest BCUT2D eigenvalue weighted by Gasteiger charge is 2.24. The van der Waals surface area contributed by atoms with Gasteiger partial charge in [-0.05, 0) is 24.6 Å². The van der Waals surface area contributed by atoms with Gasteiger partial charge in [0.1, 0.15) is 12.3 Å². The quantitative estimate of drug-likeness (QED) is 0.445. The number of carbonyl (C=O) groups is 2. The molecule has 0 aliphatic carbocycles. The van der Waals surface area contributed by atoms with E-state index >= 15 is 0 Å². The number of rotatable bonds is 6. The van der Waals surface area contributed by atoms with Crippen molar-refractivity contribution in [3.63, 3.8) is 0 Å². The van der Waals surface area contributed by atoms with Crippen LogP contribution in [-0.2, 0) is 16.1 Å². The molecule has 1 amide bonds. The normalized spacial score (nSPS) is 10.1. The van der Waals surface area contributed by atoms with E-state index in [1.54, 1.807) is 19.1 Å². The third-order valence-electron chi connectivity index (χ3n) is 3.52. The summed E-state index contributed by atoms with van der Waals surface area (Å²) >= 11 is 0. The Kier molecular flexibility index (Phi) is 6.26. The monoisotopic (exact) mass is 358 g/mol. The van der Waals surface area contributed by atoms with Crippen LogP contribution in [0.1, 0.15) is 22.8 Å². The number of ether oxygens (including phenoxy) is 2. The Balaban J connectivity index is 2.18. The zero-order valence-electron chi connectivity index (χ0n) is 14.4. The first-order chi connectivity index (χ1) is 12.4. The first kappa shape index (κ1) is 18.9. The molecule has 0 atom stereocenters. The van der Waals surface area contributed by atoms with Crippen molar-refractivity contribution < 1.29 is 24.0 Å². The minimum atomic E-state index is -0.749. The van der Waals surface area contributed by atoms with Crippen LogP contribution in [0.5, 0.6) is 0 Å². The van der Waals surface area contributed by atoms with Crippen LogP contribution < -0.4 is 4.90 Å². The number of nitro benzene ring substituents is 1. The molecule has 0 aliphatic heterocycles. The number of esters is 1. The largest absolute Gasteiger partial charge is 0.462 e. The van der Waals surface area contributed by atoms with Crippen molar-refractivity contribution in [3.8, 4) is 0 Å². The summed E-state index contributed by atoms with van der Waals surface area (Å²) in [6.07, 6.45) is -0.749. The third-order valence-corrected chi connectivity index (χ3v) is 3.52. The van der Waals surface area contributed by atoms with E-state index in [-0.39, 0.29) is 24.5 Å². The SMILES string of the molecule is CCOC(=O)c1ccc(N(C)C(=O)OCc2ccccc2)c([N+](=O)[O-])c1. The molecule has 8 nitrogen and oxygen atoms in total. The maximum absolute atomic E-state index is 12.2. The van der Waals surface area contributed by atoms with Gasteiger partial charge in [0.25, 0.3) is 5.69 Å². The van der Waals surface area contributed by atoms with Crippen LogP contribution in [0.2, 0.25) is 0 Å². The topological polar surface area (TPSA) is 99.0 Å². The van der Waals surface area contributed by atoms with E-state index in [1.165, 1.54) is 19.2 Å². The van der Waals surface area contributed by atoms with E-state index in [0.717, 1.165) is 16.5 Å². The number of nitrogens with zero attached hydrogens (tertiary/aromatic N) is 2. The Hall–Kier alpha value is -3.42. The highest BCUT2D eigenvalue weighted by atomic mass is 16.6. The summed E-state index contributed by atoms with van der Waals surface area (Å²) in [5.41, 5.74) is 0.450. The number of benzene rings is 2. The molecule has 0 bridgehead atoms. The second-order valence-corrected chi connectivity index (χ2v) is 5.28. The fraction of sp³-hybridized carbons (Fsp3) is 0.222. The summed E-state index contributed by atoms with van der Waals surface area (Å²) in [7, 11) is 1.36. The molecule has 136 valence electrons. The molecule has 26 heavy (non-hydrogen) atoms. The van der Waals surface area contributed by atoms with Crippen molar-refractivity contribution in [3.05, 3.63) is 69.8 Å². The lowest BCUT2D eigenvalue weighted by molar-refractivity contribution is -0.384. The number of carbonyl (C=O) groups excluding carboxylic acids is 2. The predicted molar refractivity (Wildman–Crippen MR) is 94.1 cm³/mol. The van der Waals surface area contributed by atoms with E-state index in [0.29, 0.717) is 0 Å². The molecule has 0 saturated heterocycles. The molecule has 0 aliphatic rings. The summed E-state index contributed by atoms with van der Waals surface area (Å²) in [6, 6.07) is 12.8. The summed E-state index contributed by atoms with van der Waals surface area (Å²) in [6.45, 7) is 1.83. The highest BCUT2D eigenvalue weighted by molar-refractivity contribution is 5.94. The van der Waals surface area contributed by atoms with Crippen molar-refractivity contribution >= 4 is 23.4 Å². The predicted octanol–water partition coefficient (Wildman–Crippen LogP) is 3.54.